The number of benzene rings is 2. The number of piperidine rings is 1. The molecular formula is C16H18BrClN2O. The lowest BCUT2D eigenvalue weighted by molar-refractivity contribution is 0.0929. The first-order chi connectivity index (χ1) is 9.72. The van der Waals surface area contributed by atoms with Gasteiger partial charge in [-0.3, -0.25) is 4.79 Å². The summed E-state index contributed by atoms with van der Waals surface area (Å²) in [6, 6.07) is 12.2. The fraction of sp³-hybridized carbons (Fsp3) is 0.312. The summed E-state index contributed by atoms with van der Waals surface area (Å²) in [5.74, 6) is 0.0294. The van der Waals surface area contributed by atoms with Crippen molar-refractivity contribution >= 4 is 45.0 Å². The minimum Gasteiger partial charge on any atom is -0.349 e. The highest BCUT2D eigenvalue weighted by Crippen LogP contribution is 2.21. The number of nitrogens with one attached hydrogen (secondary N) is 2. The minimum absolute atomic E-state index is 0. The van der Waals surface area contributed by atoms with E-state index >= 15 is 0 Å². The van der Waals surface area contributed by atoms with Crippen LogP contribution in [0.3, 0.4) is 0 Å². The molecule has 5 heteroatoms. The highest BCUT2D eigenvalue weighted by Gasteiger charge is 2.16. The third-order valence-corrected chi connectivity index (χ3v) is 4.23. The zero-order chi connectivity index (χ0) is 13.9. The molecule has 0 unspecified atom stereocenters. The molecule has 0 aromatic heterocycles. The summed E-state index contributed by atoms with van der Waals surface area (Å²) in [4.78, 5) is 12.3. The van der Waals surface area contributed by atoms with Gasteiger partial charge in [-0.05, 0) is 61.0 Å². The van der Waals surface area contributed by atoms with E-state index in [1.54, 1.807) is 0 Å². The van der Waals surface area contributed by atoms with E-state index in [-0.39, 0.29) is 18.3 Å². The third kappa shape index (κ3) is 3.96. The van der Waals surface area contributed by atoms with Gasteiger partial charge in [-0.15, -0.1) is 12.4 Å². The van der Waals surface area contributed by atoms with E-state index in [9.17, 15) is 4.79 Å². The number of amides is 1. The van der Waals surface area contributed by atoms with Crippen molar-refractivity contribution in [2.45, 2.75) is 18.9 Å². The Balaban J connectivity index is 0.00000161. The molecule has 0 aliphatic carbocycles. The second kappa shape index (κ2) is 7.25. The van der Waals surface area contributed by atoms with Crippen molar-refractivity contribution in [2.75, 3.05) is 13.1 Å². The number of rotatable bonds is 2. The Morgan fingerprint density at radius 1 is 1.10 bits per heavy atom. The van der Waals surface area contributed by atoms with Crippen molar-refractivity contribution in [3.8, 4) is 0 Å². The van der Waals surface area contributed by atoms with Crippen LogP contribution in [0.15, 0.2) is 40.9 Å². The van der Waals surface area contributed by atoms with Gasteiger partial charge in [-0.25, -0.2) is 0 Å². The molecule has 1 saturated heterocycles. The molecule has 1 amide bonds. The van der Waals surface area contributed by atoms with Crippen LogP contribution in [-0.4, -0.2) is 25.0 Å². The summed E-state index contributed by atoms with van der Waals surface area (Å²) < 4.78 is 1.05. The van der Waals surface area contributed by atoms with Gasteiger partial charge in [-0.2, -0.15) is 0 Å². The average Bonchev–Trinajstić information content (AvgIpc) is 2.47. The van der Waals surface area contributed by atoms with Crippen molar-refractivity contribution in [1.29, 1.82) is 0 Å². The summed E-state index contributed by atoms with van der Waals surface area (Å²) >= 11 is 3.46. The van der Waals surface area contributed by atoms with Crippen molar-refractivity contribution < 1.29 is 4.79 Å². The molecule has 3 nitrogen and oxygen atoms in total. The Bertz CT molecular complexity index is 641. The Labute approximate surface area is 139 Å². The van der Waals surface area contributed by atoms with Crippen molar-refractivity contribution in [3.05, 3.63) is 46.4 Å². The minimum atomic E-state index is 0. The van der Waals surface area contributed by atoms with Gasteiger partial charge in [0.15, 0.2) is 0 Å². The van der Waals surface area contributed by atoms with Crippen LogP contribution in [-0.2, 0) is 0 Å². The molecule has 2 aromatic rings. The monoisotopic (exact) mass is 368 g/mol. The van der Waals surface area contributed by atoms with Gasteiger partial charge in [0.05, 0.1) is 0 Å². The van der Waals surface area contributed by atoms with Crippen LogP contribution in [0.2, 0.25) is 0 Å². The summed E-state index contributed by atoms with van der Waals surface area (Å²) in [5, 5.41) is 8.65. The number of carbonyl (C=O) groups excluding carboxylic acids is 1. The molecule has 1 aliphatic heterocycles. The number of fused-ring (bicyclic) bond motifs is 1. The molecule has 3 rings (SSSR count). The van der Waals surface area contributed by atoms with Gasteiger partial charge in [0.2, 0.25) is 0 Å². The van der Waals surface area contributed by atoms with E-state index in [2.05, 4.69) is 32.6 Å². The van der Waals surface area contributed by atoms with Crippen LogP contribution in [0.25, 0.3) is 10.8 Å². The number of hydrogen-bond donors (Lipinski definition) is 2. The standard InChI is InChI=1S/C16H17BrN2O.ClH/c17-14-4-3-11-9-13(2-1-12(11)10-14)16(20)19-15-5-7-18-8-6-15;/h1-4,9-10,15,18H,5-8H2,(H,19,20);1H. The van der Waals surface area contributed by atoms with Crippen LogP contribution in [0.1, 0.15) is 23.2 Å². The number of halogens is 2. The second-order valence-corrected chi connectivity index (χ2v) is 6.12. The smallest absolute Gasteiger partial charge is 0.251 e. The summed E-state index contributed by atoms with van der Waals surface area (Å²) in [6.45, 7) is 1.97. The van der Waals surface area contributed by atoms with Crippen LogP contribution < -0.4 is 10.6 Å². The first kappa shape index (κ1) is 16.3. The van der Waals surface area contributed by atoms with E-state index in [0.717, 1.165) is 46.7 Å². The predicted molar refractivity (Wildman–Crippen MR) is 92.3 cm³/mol. The predicted octanol–water partition coefficient (Wildman–Crippen LogP) is 3.51. The Hall–Kier alpha value is -1.10. The summed E-state index contributed by atoms with van der Waals surface area (Å²) in [6.07, 6.45) is 2.01. The molecule has 112 valence electrons. The zero-order valence-electron chi connectivity index (χ0n) is 11.6. The van der Waals surface area contributed by atoms with Crippen molar-refractivity contribution in [2.24, 2.45) is 0 Å². The molecule has 2 N–H and O–H groups in total. The number of carbonyl (C=O) groups is 1. The summed E-state index contributed by atoms with van der Waals surface area (Å²) in [5.41, 5.74) is 0.735. The lowest BCUT2D eigenvalue weighted by Crippen LogP contribution is -2.42. The van der Waals surface area contributed by atoms with Gasteiger partial charge >= 0.3 is 0 Å². The molecule has 0 spiro atoms. The van der Waals surface area contributed by atoms with E-state index < -0.39 is 0 Å². The van der Waals surface area contributed by atoms with Gasteiger partial charge in [0.25, 0.3) is 5.91 Å². The van der Waals surface area contributed by atoms with E-state index in [0.29, 0.717) is 6.04 Å². The molecule has 2 aromatic carbocycles. The van der Waals surface area contributed by atoms with Gasteiger partial charge in [-0.1, -0.05) is 28.1 Å². The van der Waals surface area contributed by atoms with Crippen LogP contribution in [0.4, 0.5) is 0 Å². The first-order valence-corrected chi connectivity index (χ1v) is 7.72. The molecule has 0 radical (unpaired) electrons. The summed E-state index contributed by atoms with van der Waals surface area (Å²) in [7, 11) is 0. The molecule has 21 heavy (non-hydrogen) atoms. The lowest BCUT2D eigenvalue weighted by Gasteiger charge is -2.23. The molecule has 0 atom stereocenters. The molecule has 0 bridgehead atoms. The van der Waals surface area contributed by atoms with Crippen LogP contribution >= 0.6 is 28.3 Å². The average molecular weight is 370 g/mol. The third-order valence-electron chi connectivity index (χ3n) is 3.74. The Morgan fingerprint density at radius 3 is 2.52 bits per heavy atom. The fourth-order valence-corrected chi connectivity index (χ4v) is 2.97. The highest BCUT2D eigenvalue weighted by molar-refractivity contribution is 9.10. The molecule has 1 aliphatic rings. The zero-order valence-corrected chi connectivity index (χ0v) is 14.0. The maximum absolute atomic E-state index is 12.3. The molecule has 1 heterocycles. The maximum Gasteiger partial charge on any atom is 0.251 e. The van der Waals surface area contributed by atoms with Crippen LogP contribution in [0.5, 0.6) is 0 Å². The van der Waals surface area contributed by atoms with Crippen molar-refractivity contribution in [1.82, 2.24) is 10.6 Å². The fourth-order valence-electron chi connectivity index (χ4n) is 2.59. The molecule has 1 fully saturated rings. The van der Waals surface area contributed by atoms with Gasteiger partial charge in [0.1, 0.15) is 0 Å². The Kier molecular flexibility index (Phi) is 5.62. The lowest BCUT2D eigenvalue weighted by atomic mass is 10.0. The highest BCUT2D eigenvalue weighted by atomic mass is 79.9. The largest absolute Gasteiger partial charge is 0.349 e. The first-order valence-electron chi connectivity index (χ1n) is 6.93. The maximum atomic E-state index is 12.3. The van der Waals surface area contributed by atoms with E-state index in [4.69, 9.17) is 0 Å². The molecular weight excluding hydrogens is 352 g/mol. The van der Waals surface area contributed by atoms with Gasteiger partial charge in [0, 0.05) is 16.1 Å². The SMILES string of the molecule is Cl.O=C(NC1CCNCC1)c1ccc2cc(Br)ccc2c1. The van der Waals surface area contributed by atoms with E-state index in [1.165, 1.54) is 0 Å². The van der Waals surface area contributed by atoms with Gasteiger partial charge < -0.3 is 10.6 Å². The van der Waals surface area contributed by atoms with Crippen LogP contribution in [0, 0.1) is 0 Å². The number of hydrogen-bond acceptors (Lipinski definition) is 2. The molecule has 0 saturated carbocycles. The topological polar surface area (TPSA) is 41.1 Å². The van der Waals surface area contributed by atoms with E-state index in [1.807, 2.05) is 30.3 Å². The quantitative estimate of drug-likeness (QED) is 0.850. The normalized spacial score (nSPS) is 15.5. The second-order valence-electron chi connectivity index (χ2n) is 5.20. The van der Waals surface area contributed by atoms with Crippen molar-refractivity contribution in [3.63, 3.8) is 0 Å². The Morgan fingerprint density at radius 2 is 1.76 bits per heavy atom.